The summed E-state index contributed by atoms with van der Waals surface area (Å²) in [4.78, 5) is 21.6. The van der Waals surface area contributed by atoms with Gasteiger partial charge in [0.1, 0.15) is 0 Å². The molecule has 1 N–H and O–H groups in total. The standard InChI is InChI=1S/C17H15N3O3S/c1-22-16-13(18-15(21)12-9-6-10-24-12)17(23-2)20-14(19-16)11-7-4-3-5-8-11/h3-10H,1-2H3,(H,18,21). The van der Waals surface area contributed by atoms with Crippen molar-refractivity contribution in [1.82, 2.24) is 9.97 Å². The predicted molar refractivity (Wildman–Crippen MR) is 92.8 cm³/mol. The molecule has 1 amide bonds. The minimum Gasteiger partial charge on any atom is -0.479 e. The van der Waals surface area contributed by atoms with Gasteiger partial charge < -0.3 is 14.8 Å². The average molecular weight is 341 g/mol. The van der Waals surface area contributed by atoms with Crippen LogP contribution >= 0.6 is 11.3 Å². The number of hydrogen-bond donors (Lipinski definition) is 1. The molecule has 0 bridgehead atoms. The summed E-state index contributed by atoms with van der Waals surface area (Å²) in [6.07, 6.45) is 0. The quantitative estimate of drug-likeness (QED) is 0.769. The van der Waals surface area contributed by atoms with Gasteiger partial charge >= 0.3 is 0 Å². The first kappa shape index (κ1) is 15.9. The Kier molecular flexibility index (Phi) is 4.72. The number of anilines is 1. The minimum absolute atomic E-state index is 0.241. The second-order valence-electron chi connectivity index (χ2n) is 4.74. The molecule has 24 heavy (non-hydrogen) atoms. The second kappa shape index (κ2) is 7.10. The number of nitrogens with one attached hydrogen (secondary N) is 1. The summed E-state index contributed by atoms with van der Waals surface area (Å²) in [6.45, 7) is 0. The van der Waals surface area contributed by atoms with E-state index in [-0.39, 0.29) is 17.7 Å². The lowest BCUT2D eigenvalue weighted by Crippen LogP contribution is -2.14. The molecule has 0 fully saturated rings. The first-order valence-corrected chi connectivity index (χ1v) is 8.01. The van der Waals surface area contributed by atoms with Gasteiger partial charge in [-0.3, -0.25) is 4.79 Å². The molecule has 6 nitrogen and oxygen atoms in total. The second-order valence-corrected chi connectivity index (χ2v) is 5.69. The molecule has 3 rings (SSSR count). The van der Waals surface area contributed by atoms with Crippen molar-refractivity contribution in [2.45, 2.75) is 0 Å². The highest BCUT2D eigenvalue weighted by molar-refractivity contribution is 7.12. The van der Waals surface area contributed by atoms with Gasteiger partial charge in [0, 0.05) is 5.56 Å². The fourth-order valence-electron chi connectivity index (χ4n) is 2.12. The van der Waals surface area contributed by atoms with E-state index >= 15 is 0 Å². The van der Waals surface area contributed by atoms with Crippen LogP contribution in [0.3, 0.4) is 0 Å². The molecule has 2 aromatic heterocycles. The van der Waals surface area contributed by atoms with Gasteiger partial charge in [-0.1, -0.05) is 36.4 Å². The molecule has 0 aliphatic carbocycles. The molecule has 0 spiro atoms. The molecule has 122 valence electrons. The first-order valence-electron chi connectivity index (χ1n) is 7.13. The van der Waals surface area contributed by atoms with E-state index in [1.807, 2.05) is 41.8 Å². The minimum atomic E-state index is -0.266. The summed E-state index contributed by atoms with van der Waals surface area (Å²) in [5.41, 5.74) is 1.13. The number of hydrogen-bond acceptors (Lipinski definition) is 6. The first-order chi connectivity index (χ1) is 11.7. The van der Waals surface area contributed by atoms with Crippen molar-refractivity contribution < 1.29 is 14.3 Å². The summed E-state index contributed by atoms with van der Waals surface area (Å²) in [7, 11) is 2.97. The zero-order valence-corrected chi connectivity index (χ0v) is 14.0. The molecule has 2 heterocycles. The largest absolute Gasteiger partial charge is 0.479 e. The number of amides is 1. The van der Waals surface area contributed by atoms with Gasteiger partial charge in [0.15, 0.2) is 11.5 Å². The van der Waals surface area contributed by atoms with Crippen LogP contribution in [0.1, 0.15) is 9.67 Å². The molecule has 0 radical (unpaired) electrons. The van der Waals surface area contributed by atoms with Crippen LogP contribution in [0, 0.1) is 0 Å². The monoisotopic (exact) mass is 341 g/mol. The van der Waals surface area contributed by atoms with Gasteiger partial charge in [0.2, 0.25) is 11.8 Å². The van der Waals surface area contributed by atoms with E-state index < -0.39 is 0 Å². The van der Waals surface area contributed by atoms with Crippen molar-refractivity contribution in [2.24, 2.45) is 0 Å². The Morgan fingerprint density at radius 3 is 2.21 bits per heavy atom. The maximum absolute atomic E-state index is 12.3. The van der Waals surface area contributed by atoms with Crippen LogP contribution in [-0.4, -0.2) is 30.1 Å². The third-order valence-electron chi connectivity index (χ3n) is 3.24. The van der Waals surface area contributed by atoms with Gasteiger partial charge in [-0.15, -0.1) is 11.3 Å². The molecule has 3 aromatic rings. The number of carbonyl (C=O) groups is 1. The van der Waals surface area contributed by atoms with Crippen molar-refractivity contribution in [3.63, 3.8) is 0 Å². The van der Waals surface area contributed by atoms with Crippen molar-refractivity contribution in [3.05, 3.63) is 52.7 Å². The van der Waals surface area contributed by atoms with E-state index in [2.05, 4.69) is 15.3 Å². The van der Waals surface area contributed by atoms with Crippen LogP contribution in [-0.2, 0) is 0 Å². The lowest BCUT2D eigenvalue weighted by molar-refractivity contribution is 0.102. The number of benzene rings is 1. The highest BCUT2D eigenvalue weighted by atomic mass is 32.1. The molecular formula is C17H15N3O3S. The van der Waals surface area contributed by atoms with Gasteiger partial charge in [0.05, 0.1) is 19.1 Å². The van der Waals surface area contributed by atoms with E-state index in [1.165, 1.54) is 25.6 Å². The van der Waals surface area contributed by atoms with Gasteiger partial charge in [-0.25, -0.2) is 0 Å². The summed E-state index contributed by atoms with van der Waals surface area (Å²) in [5.74, 6) is 0.673. The van der Waals surface area contributed by atoms with Crippen molar-refractivity contribution in [2.75, 3.05) is 19.5 Å². The fourth-order valence-corrected chi connectivity index (χ4v) is 2.74. The Morgan fingerprint density at radius 1 is 1.00 bits per heavy atom. The van der Waals surface area contributed by atoms with Gasteiger partial charge in [0.25, 0.3) is 5.91 Å². The molecule has 0 aliphatic rings. The van der Waals surface area contributed by atoms with E-state index in [0.29, 0.717) is 16.4 Å². The van der Waals surface area contributed by atoms with Crippen LogP contribution in [0.5, 0.6) is 11.8 Å². The lowest BCUT2D eigenvalue weighted by Gasteiger charge is -2.13. The SMILES string of the molecule is COc1nc(-c2ccccc2)nc(OC)c1NC(=O)c1cccs1. The number of methoxy groups -OCH3 is 2. The van der Waals surface area contributed by atoms with Crippen LogP contribution in [0.25, 0.3) is 11.4 Å². The molecule has 0 aliphatic heterocycles. The van der Waals surface area contributed by atoms with Crippen molar-refractivity contribution in [3.8, 4) is 23.1 Å². The summed E-state index contributed by atoms with van der Waals surface area (Å²) < 4.78 is 10.7. The zero-order valence-electron chi connectivity index (χ0n) is 13.1. The normalized spacial score (nSPS) is 10.2. The maximum atomic E-state index is 12.3. The van der Waals surface area contributed by atoms with E-state index in [4.69, 9.17) is 9.47 Å². The summed E-state index contributed by atoms with van der Waals surface area (Å²) >= 11 is 1.34. The van der Waals surface area contributed by atoms with Crippen LogP contribution in [0.15, 0.2) is 47.8 Å². The smallest absolute Gasteiger partial charge is 0.266 e. The number of aromatic nitrogens is 2. The molecule has 0 unspecified atom stereocenters. The number of ether oxygens (including phenoxy) is 2. The molecule has 7 heteroatoms. The Labute approximate surface area is 143 Å². The summed E-state index contributed by atoms with van der Waals surface area (Å²) in [5, 5.41) is 4.59. The van der Waals surface area contributed by atoms with E-state index in [1.54, 1.807) is 6.07 Å². The van der Waals surface area contributed by atoms with Crippen molar-refractivity contribution >= 4 is 22.9 Å². The highest BCUT2D eigenvalue weighted by Crippen LogP contribution is 2.34. The van der Waals surface area contributed by atoms with Crippen LogP contribution in [0.2, 0.25) is 0 Å². The summed E-state index contributed by atoms with van der Waals surface area (Å²) in [6, 6.07) is 13.0. The molecular weight excluding hydrogens is 326 g/mol. The Hall–Kier alpha value is -2.93. The molecule has 1 aromatic carbocycles. The van der Waals surface area contributed by atoms with Crippen LogP contribution in [0.4, 0.5) is 5.69 Å². The Bertz CT molecular complexity index is 811. The Morgan fingerprint density at radius 2 is 1.67 bits per heavy atom. The van der Waals surface area contributed by atoms with Gasteiger partial charge in [-0.05, 0) is 11.4 Å². The predicted octanol–water partition coefficient (Wildman–Crippen LogP) is 3.47. The van der Waals surface area contributed by atoms with Crippen LogP contribution < -0.4 is 14.8 Å². The van der Waals surface area contributed by atoms with Gasteiger partial charge in [-0.2, -0.15) is 9.97 Å². The number of thiophene rings is 1. The molecule has 0 atom stereocenters. The lowest BCUT2D eigenvalue weighted by atomic mass is 10.2. The van der Waals surface area contributed by atoms with E-state index in [9.17, 15) is 4.79 Å². The van der Waals surface area contributed by atoms with E-state index in [0.717, 1.165) is 5.56 Å². The molecule has 0 saturated carbocycles. The average Bonchev–Trinajstić information content (AvgIpc) is 3.17. The zero-order chi connectivity index (χ0) is 16.9. The fraction of sp³-hybridized carbons (Fsp3) is 0.118. The molecule has 0 saturated heterocycles. The van der Waals surface area contributed by atoms with Crippen molar-refractivity contribution in [1.29, 1.82) is 0 Å². The number of carbonyl (C=O) groups excluding carboxylic acids is 1. The Balaban J connectivity index is 2.01. The highest BCUT2D eigenvalue weighted by Gasteiger charge is 2.20. The number of rotatable bonds is 5. The third kappa shape index (κ3) is 3.21. The topological polar surface area (TPSA) is 73.3 Å². The third-order valence-corrected chi connectivity index (χ3v) is 4.11. The maximum Gasteiger partial charge on any atom is 0.266 e. The number of nitrogens with zero attached hydrogens (tertiary/aromatic N) is 2.